The molecule has 7 nitrogen and oxygen atoms in total. The first-order chi connectivity index (χ1) is 16.7. The Balaban J connectivity index is 1.29. The summed E-state index contributed by atoms with van der Waals surface area (Å²) >= 11 is 1.45. The van der Waals surface area contributed by atoms with Gasteiger partial charge in [-0.25, -0.2) is 9.97 Å². The minimum atomic E-state index is -0.287. The Morgan fingerprint density at radius 3 is 2.65 bits per heavy atom. The van der Waals surface area contributed by atoms with Crippen LogP contribution < -0.4 is 10.6 Å². The first-order valence-electron chi connectivity index (χ1n) is 11.3. The zero-order valence-corrected chi connectivity index (χ0v) is 19.3. The van der Waals surface area contributed by atoms with E-state index in [4.69, 9.17) is 4.42 Å². The Hall–Kier alpha value is -3.65. The van der Waals surface area contributed by atoms with Crippen molar-refractivity contribution in [3.05, 3.63) is 83.9 Å². The van der Waals surface area contributed by atoms with Gasteiger partial charge in [0.1, 0.15) is 5.58 Å². The maximum atomic E-state index is 13.1. The Labute approximate surface area is 201 Å². The van der Waals surface area contributed by atoms with Crippen LogP contribution in [-0.2, 0) is 17.1 Å². The van der Waals surface area contributed by atoms with Crippen LogP contribution in [0.3, 0.4) is 0 Å². The molecule has 0 unspecified atom stereocenters. The lowest BCUT2D eigenvalue weighted by Crippen LogP contribution is -2.28. The van der Waals surface area contributed by atoms with E-state index in [2.05, 4.69) is 20.6 Å². The number of hydrogen-bond donors (Lipinski definition) is 2. The zero-order valence-electron chi connectivity index (χ0n) is 18.5. The summed E-state index contributed by atoms with van der Waals surface area (Å²) in [6.45, 7) is 0.317. The smallest absolute Gasteiger partial charge is 0.287 e. The second kappa shape index (κ2) is 10.1. The number of anilines is 1. The highest BCUT2D eigenvalue weighted by molar-refractivity contribution is 7.98. The van der Waals surface area contributed by atoms with Gasteiger partial charge >= 0.3 is 0 Å². The molecule has 4 aromatic rings. The first-order valence-corrected chi connectivity index (χ1v) is 12.2. The van der Waals surface area contributed by atoms with Gasteiger partial charge in [0.05, 0.1) is 0 Å². The van der Waals surface area contributed by atoms with E-state index in [9.17, 15) is 9.59 Å². The molecule has 2 aromatic heterocycles. The fourth-order valence-corrected chi connectivity index (χ4v) is 4.69. The SMILES string of the molecule is O=C(NCc1cccc(NC(=O)C2CCC2)c1)c1oc2ccccc2c1CSc1ncccn1. The van der Waals surface area contributed by atoms with E-state index in [1.54, 1.807) is 18.5 Å². The van der Waals surface area contributed by atoms with E-state index in [-0.39, 0.29) is 17.7 Å². The van der Waals surface area contributed by atoms with Gasteiger partial charge in [-0.3, -0.25) is 9.59 Å². The summed E-state index contributed by atoms with van der Waals surface area (Å²) in [4.78, 5) is 33.8. The highest BCUT2D eigenvalue weighted by Crippen LogP contribution is 2.31. The largest absolute Gasteiger partial charge is 0.451 e. The van der Waals surface area contributed by atoms with Crippen molar-refractivity contribution in [2.45, 2.75) is 36.7 Å². The average Bonchev–Trinajstić information content (AvgIpc) is 3.20. The molecule has 2 heterocycles. The van der Waals surface area contributed by atoms with Crippen molar-refractivity contribution in [3.8, 4) is 0 Å². The van der Waals surface area contributed by atoms with E-state index >= 15 is 0 Å². The minimum absolute atomic E-state index is 0.0687. The predicted molar refractivity (Wildman–Crippen MR) is 131 cm³/mol. The van der Waals surface area contributed by atoms with Crippen molar-refractivity contribution in [2.75, 3.05) is 5.32 Å². The van der Waals surface area contributed by atoms with Crippen LogP contribution in [0.2, 0.25) is 0 Å². The number of hydrogen-bond acceptors (Lipinski definition) is 6. The summed E-state index contributed by atoms with van der Waals surface area (Å²) in [6, 6.07) is 16.9. The van der Waals surface area contributed by atoms with Crippen molar-refractivity contribution in [2.24, 2.45) is 5.92 Å². The second-order valence-electron chi connectivity index (χ2n) is 8.23. The highest BCUT2D eigenvalue weighted by atomic mass is 32.2. The molecule has 1 fully saturated rings. The number of fused-ring (bicyclic) bond motifs is 1. The molecule has 0 radical (unpaired) electrons. The van der Waals surface area contributed by atoms with Crippen LogP contribution >= 0.6 is 11.8 Å². The van der Waals surface area contributed by atoms with Crippen LogP contribution in [0.15, 0.2) is 76.6 Å². The lowest BCUT2D eigenvalue weighted by molar-refractivity contribution is -0.122. The molecule has 0 saturated heterocycles. The van der Waals surface area contributed by atoms with Crippen molar-refractivity contribution in [1.82, 2.24) is 15.3 Å². The summed E-state index contributed by atoms with van der Waals surface area (Å²) in [6.07, 6.45) is 6.41. The van der Waals surface area contributed by atoms with E-state index < -0.39 is 0 Å². The van der Waals surface area contributed by atoms with E-state index in [0.29, 0.717) is 28.8 Å². The molecule has 2 aromatic carbocycles. The molecular formula is C26H24N4O3S. The van der Waals surface area contributed by atoms with Gasteiger partial charge in [0.15, 0.2) is 10.9 Å². The first kappa shape index (κ1) is 22.2. The van der Waals surface area contributed by atoms with Crippen molar-refractivity contribution >= 4 is 40.2 Å². The molecule has 0 bridgehead atoms. The van der Waals surface area contributed by atoms with Gasteiger partial charge in [-0.2, -0.15) is 0 Å². The summed E-state index contributed by atoms with van der Waals surface area (Å²) in [7, 11) is 0. The quantitative estimate of drug-likeness (QED) is 0.271. The molecule has 1 aliphatic rings. The van der Waals surface area contributed by atoms with Crippen LogP contribution in [0.25, 0.3) is 11.0 Å². The number of rotatable bonds is 8. The third-order valence-corrected chi connectivity index (χ3v) is 6.82. The van der Waals surface area contributed by atoms with Gasteiger partial charge in [0.2, 0.25) is 5.91 Å². The summed E-state index contributed by atoms with van der Waals surface area (Å²) in [5.74, 6) is 0.698. The average molecular weight is 473 g/mol. The van der Waals surface area contributed by atoms with Crippen molar-refractivity contribution in [3.63, 3.8) is 0 Å². The van der Waals surface area contributed by atoms with E-state index in [1.807, 2.05) is 48.5 Å². The maximum absolute atomic E-state index is 13.1. The monoisotopic (exact) mass is 472 g/mol. The number of nitrogens with zero attached hydrogens (tertiary/aromatic N) is 2. The highest BCUT2D eigenvalue weighted by Gasteiger charge is 2.25. The van der Waals surface area contributed by atoms with Crippen LogP contribution in [0, 0.1) is 5.92 Å². The molecule has 2 N–H and O–H groups in total. The number of nitrogens with one attached hydrogen (secondary N) is 2. The van der Waals surface area contributed by atoms with Crippen LogP contribution in [0.5, 0.6) is 0 Å². The lowest BCUT2D eigenvalue weighted by Gasteiger charge is -2.24. The van der Waals surface area contributed by atoms with Crippen molar-refractivity contribution in [1.29, 1.82) is 0 Å². The van der Waals surface area contributed by atoms with Crippen LogP contribution in [-0.4, -0.2) is 21.8 Å². The molecule has 1 saturated carbocycles. The van der Waals surface area contributed by atoms with Crippen LogP contribution in [0.1, 0.15) is 40.9 Å². The van der Waals surface area contributed by atoms with E-state index in [1.165, 1.54) is 11.8 Å². The fraction of sp³-hybridized carbons (Fsp3) is 0.231. The maximum Gasteiger partial charge on any atom is 0.287 e. The third-order valence-electron chi connectivity index (χ3n) is 5.92. The number of amides is 2. The number of para-hydroxylation sites is 1. The molecule has 0 atom stereocenters. The van der Waals surface area contributed by atoms with Crippen molar-refractivity contribution < 1.29 is 14.0 Å². The third kappa shape index (κ3) is 4.97. The molecule has 2 amide bonds. The van der Waals surface area contributed by atoms with Gasteiger partial charge in [-0.15, -0.1) is 0 Å². The predicted octanol–water partition coefficient (Wildman–Crippen LogP) is 5.18. The molecule has 0 aliphatic heterocycles. The van der Waals surface area contributed by atoms with Gasteiger partial charge in [-0.1, -0.05) is 48.5 Å². The standard InChI is InChI=1S/C26H24N4O3S/c31-24(18-7-4-8-18)30-19-9-3-6-17(14-19)15-29-25(32)23-21(16-34-26-27-12-5-13-28-26)20-10-1-2-11-22(20)33-23/h1-3,5-6,9-14,18H,4,7-8,15-16H2,(H,29,32)(H,30,31). The molecule has 0 spiro atoms. The second-order valence-corrected chi connectivity index (χ2v) is 9.17. The minimum Gasteiger partial charge on any atom is -0.451 e. The fourth-order valence-electron chi connectivity index (χ4n) is 3.86. The normalized spacial score (nSPS) is 13.4. The summed E-state index contributed by atoms with van der Waals surface area (Å²) in [5, 5.41) is 7.47. The number of furan rings is 1. The van der Waals surface area contributed by atoms with Gasteiger partial charge in [0.25, 0.3) is 5.91 Å². The summed E-state index contributed by atoms with van der Waals surface area (Å²) < 4.78 is 5.94. The van der Waals surface area contributed by atoms with E-state index in [0.717, 1.165) is 41.5 Å². The van der Waals surface area contributed by atoms with Crippen LogP contribution in [0.4, 0.5) is 5.69 Å². The topological polar surface area (TPSA) is 97.1 Å². The molecular weight excluding hydrogens is 448 g/mol. The van der Waals surface area contributed by atoms with Gasteiger partial charge in [0, 0.05) is 47.2 Å². The molecule has 5 rings (SSSR count). The Morgan fingerprint density at radius 1 is 1.03 bits per heavy atom. The number of aromatic nitrogens is 2. The zero-order chi connectivity index (χ0) is 23.3. The number of carbonyl (C=O) groups excluding carboxylic acids is 2. The number of benzene rings is 2. The lowest BCUT2D eigenvalue weighted by atomic mass is 9.85. The Kier molecular flexibility index (Phi) is 6.58. The number of carbonyl (C=O) groups is 2. The molecule has 172 valence electrons. The van der Waals surface area contributed by atoms with Gasteiger partial charge in [-0.05, 0) is 42.7 Å². The molecule has 8 heteroatoms. The Morgan fingerprint density at radius 2 is 1.85 bits per heavy atom. The summed E-state index contributed by atoms with van der Waals surface area (Å²) in [5.41, 5.74) is 3.11. The molecule has 1 aliphatic carbocycles. The number of thioether (sulfide) groups is 1. The Bertz CT molecular complexity index is 1320. The van der Waals surface area contributed by atoms with Gasteiger partial charge < -0.3 is 15.1 Å². The molecule has 34 heavy (non-hydrogen) atoms.